The number of hydroxylamine groups is 1. The Bertz CT molecular complexity index is 152. The van der Waals surface area contributed by atoms with Crippen molar-refractivity contribution in [3.05, 3.63) is 0 Å². The number of hydrogen-bond donors (Lipinski definition) is 2. The lowest BCUT2D eigenvalue weighted by Crippen LogP contribution is -2.44. The second kappa shape index (κ2) is 4.42. The molecule has 0 bridgehead atoms. The highest BCUT2D eigenvalue weighted by Crippen LogP contribution is 2.04. The Labute approximate surface area is 73.4 Å². The molecule has 0 radical (unpaired) electrons. The average molecular weight is 174 g/mol. The van der Waals surface area contributed by atoms with Crippen molar-refractivity contribution in [2.45, 2.75) is 45.8 Å². The Morgan fingerprint density at radius 1 is 1.58 bits per heavy atom. The molecular weight excluding hydrogens is 156 g/mol. The van der Waals surface area contributed by atoms with Crippen LogP contribution in [0.2, 0.25) is 0 Å². The maximum Gasteiger partial charge on any atom is 0.236 e. The Kier molecular flexibility index (Phi) is 4.20. The van der Waals surface area contributed by atoms with E-state index in [1.54, 1.807) is 0 Å². The number of rotatable bonds is 4. The highest BCUT2D eigenvalue weighted by atomic mass is 16.7. The van der Waals surface area contributed by atoms with Crippen molar-refractivity contribution in [2.24, 2.45) is 5.73 Å². The van der Waals surface area contributed by atoms with Crippen LogP contribution in [-0.2, 0) is 9.63 Å². The summed E-state index contributed by atoms with van der Waals surface area (Å²) in [4.78, 5) is 15.9. The van der Waals surface area contributed by atoms with Crippen LogP contribution in [0.25, 0.3) is 0 Å². The number of nitrogens with two attached hydrogens (primary N) is 1. The summed E-state index contributed by atoms with van der Waals surface area (Å²) in [6.45, 7) is 7.56. The van der Waals surface area contributed by atoms with Crippen LogP contribution in [-0.4, -0.2) is 17.6 Å². The molecule has 12 heavy (non-hydrogen) atoms. The summed E-state index contributed by atoms with van der Waals surface area (Å²) in [6, 6.07) is -0.399. The smallest absolute Gasteiger partial charge is 0.236 e. The molecule has 0 aliphatic carbocycles. The molecule has 0 saturated heterocycles. The fraction of sp³-hybridized carbons (Fsp3) is 0.875. The summed E-state index contributed by atoms with van der Waals surface area (Å²) in [5, 5.41) is 0. The normalized spacial score (nSPS) is 14.3. The maximum absolute atomic E-state index is 10.7. The van der Waals surface area contributed by atoms with Gasteiger partial charge in [-0.15, -0.1) is 0 Å². The SMILES string of the molecule is CCC(NOC(C)(C)C)C(N)=O. The molecule has 72 valence electrons. The molecule has 0 rings (SSSR count). The molecule has 0 aromatic rings. The molecule has 0 aromatic heterocycles. The van der Waals surface area contributed by atoms with Crippen LogP contribution in [0, 0.1) is 0 Å². The van der Waals surface area contributed by atoms with Gasteiger partial charge in [-0.2, -0.15) is 5.48 Å². The van der Waals surface area contributed by atoms with Gasteiger partial charge >= 0.3 is 0 Å². The van der Waals surface area contributed by atoms with Crippen LogP contribution in [0.5, 0.6) is 0 Å². The Hall–Kier alpha value is -0.610. The van der Waals surface area contributed by atoms with Crippen molar-refractivity contribution in [3.63, 3.8) is 0 Å². The molecule has 4 nitrogen and oxygen atoms in total. The second-order valence-corrected chi connectivity index (χ2v) is 3.70. The maximum atomic E-state index is 10.7. The van der Waals surface area contributed by atoms with E-state index >= 15 is 0 Å². The van der Waals surface area contributed by atoms with Gasteiger partial charge in [0.2, 0.25) is 5.91 Å². The lowest BCUT2D eigenvalue weighted by Gasteiger charge is -2.22. The van der Waals surface area contributed by atoms with Gasteiger partial charge in [-0.05, 0) is 27.2 Å². The monoisotopic (exact) mass is 174 g/mol. The summed E-state index contributed by atoms with van der Waals surface area (Å²) < 4.78 is 0. The van der Waals surface area contributed by atoms with Gasteiger partial charge in [0.15, 0.2) is 0 Å². The van der Waals surface area contributed by atoms with Crippen LogP contribution in [0.15, 0.2) is 0 Å². The predicted molar refractivity (Wildman–Crippen MR) is 47.2 cm³/mol. The van der Waals surface area contributed by atoms with Crippen molar-refractivity contribution in [3.8, 4) is 0 Å². The number of amides is 1. The summed E-state index contributed by atoms with van der Waals surface area (Å²) in [5.41, 5.74) is 7.43. The lowest BCUT2D eigenvalue weighted by molar-refractivity contribution is -0.131. The van der Waals surface area contributed by atoms with Gasteiger partial charge in [0.1, 0.15) is 6.04 Å². The average Bonchev–Trinajstić information content (AvgIpc) is 1.85. The second-order valence-electron chi connectivity index (χ2n) is 3.70. The van der Waals surface area contributed by atoms with E-state index in [1.807, 2.05) is 27.7 Å². The molecule has 0 heterocycles. The zero-order valence-electron chi connectivity index (χ0n) is 8.18. The fourth-order valence-corrected chi connectivity index (χ4v) is 0.591. The molecule has 1 unspecified atom stereocenters. The number of primary amides is 1. The quantitative estimate of drug-likeness (QED) is 0.612. The van der Waals surface area contributed by atoms with Crippen LogP contribution < -0.4 is 11.2 Å². The van der Waals surface area contributed by atoms with Gasteiger partial charge < -0.3 is 5.73 Å². The number of nitrogens with one attached hydrogen (secondary N) is 1. The van der Waals surface area contributed by atoms with E-state index in [0.29, 0.717) is 6.42 Å². The molecule has 0 aliphatic rings. The first-order valence-corrected chi connectivity index (χ1v) is 4.09. The van der Waals surface area contributed by atoms with Crippen LogP contribution in [0.3, 0.4) is 0 Å². The molecule has 0 saturated carbocycles. The lowest BCUT2D eigenvalue weighted by atomic mass is 10.2. The highest BCUT2D eigenvalue weighted by Gasteiger charge is 2.17. The van der Waals surface area contributed by atoms with Crippen molar-refractivity contribution in [1.82, 2.24) is 5.48 Å². The Morgan fingerprint density at radius 2 is 2.08 bits per heavy atom. The van der Waals surface area contributed by atoms with Gasteiger partial charge in [-0.3, -0.25) is 9.63 Å². The minimum Gasteiger partial charge on any atom is -0.368 e. The summed E-state index contributed by atoms with van der Waals surface area (Å²) >= 11 is 0. The summed E-state index contributed by atoms with van der Waals surface area (Å²) in [7, 11) is 0. The third-order valence-corrected chi connectivity index (χ3v) is 1.26. The van der Waals surface area contributed by atoms with E-state index in [4.69, 9.17) is 10.6 Å². The molecule has 0 aliphatic heterocycles. The van der Waals surface area contributed by atoms with Gasteiger partial charge in [0, 0.05) is 0 Å². The zero-order valence-corrected chi connectivity index (χ0v) is 8.18. The van der Waals surface area contributed by atoms with E-state index in [9.17, 15) is 4.79 Å². The molecule has 3 N–H and O–H groups in total. The topological polar surface area (TPSA) is 64.3 Å². The van der Waals surface area contributed by atoms with Gasteiger partial charge in [-0.25, -0.2) is 0 Å². The Morgan fingerprint density at radius 3 is 2.33 bits per heavy atom. The Balaban J connectivity index is 3.81. The van der Waals surface area contributed by atoms with E-state index in [1.165, 1.54) is 0 Å². The summed E-state index contributed by atoms with van der Waals surface area (Å²) in [6.07, 6.45) is 0.630. The van der Waals surface area contributed by atoms with E-state index in [2.05, 4.69) is 5.48 Å². The van der Waals surface area contributed by atoms with Crippen LogP contribution in [0.4, 0.5) is 0 Å². The first kappa shape index (κ1) is 11.4. The molecule has 1 amide bonds. The third kappa shape index (κ3) is 5.09. The molecule has 0 spiro atoms. The van der Waals surface area contributed by atoms with Crippen molar-refractivity contribution < 1.29 is 9.63 Å². The van der Waals surface area contributed by atoms with Crippen molar-refractivity contribution in [1.29, 1.82) is 0 Å². The third-order valence-electron chi connectivity index (χ3n) is 1.26. The minimum atomic E-state index is -0.399. The molecule has 0 fully saturated rings. The van der Waals surface area contributed by atoms with Gasteiger partial charge in [0.25, 0.3) is 0 Å². The summed E-state index contributed by atoms with van der Waals surface area (Å²) in [5.74, 6) is -0.387. The van der Waals surface area contributed by atoms with Gasteiger partial charge in [-0.1, -0.05) is 6.92 Å². The van der Waals surface area contributed by atoms with Gasteiger partial charge in [0.05, 0.1) is 5.60 Å². The zero-order chi connectivity index (χ0) is 9.78. The van der Waals surface area contributed by atoms with Crippen LogP contribution >= 0.6 is 0 Å². The molecular formula is C8H18N2O2. The number of carbonyl (C=O) groups excluding carboxylic acids is 1. The highest BCUT2D eigenvalue weighted by molar-refractivity contribution is 5.79. The standard InChI is InChI=1S/C8H18N2O2/c1-5-6(7(9)11)10-12-8(2,3)4/h6,10H,5H2,1-4H3,(H2,9,11). The molecule has 0 aromatic carbocycles. The molecule has 4 heteroatoms. The first-order valence-electron chi connectivity index (χ1n) is 4.09. The number of carbonyl (C=O) groups is 1. The molecule has 1 atom stereocenters. The van der Waals surface area contributed by atoms with Crippen molar-refractivity contribution in [2.75, 3.05) is 0 Å². The van der Waals surface area contributed by atoms with E-state index < -0.39 is 6.04 Å². The fourth-order valence-electron chi connectivity index (χ4n) is 0.591. The van der Waals surface area contributed by atoms with E-state index in [0.717, 1.165) is 0 Å². The predicted octanol–water partition coefficient (Wildman–Crippen LogP) is 0.570. The van der Waals surface area contributed by atoms with E-state index in [-0.39, 0.29) is 11.5 Å². The largest absolute Gasteiger partial charge is 0.368 e. The van der Waals surface area contributed by atoms with Crippen LogP contribution in [0.1, 0.15) is 34.1 Å². The first-order chi connectivity index (χ1) is 5.37. The minimum absolute atomic E-state index is 0.303. The van der Waals surface area contributed by atoms with Crippen molar-refractivity contribution >= 4 is 5.91 Å². The number of hydrogen-bond acceptors (Lipinski definition) is 3.